The summed E-state index contributed by atoms with van der Waals surface area (Å²) in [5.41, 5.74) is 17.9. The summed E-state index contributed by atoms with van der Waals surface area (Å²) in [6, 6.07) is 131. The molecule has 0 aliphatic rings. The molecular weight excluding hydrogens is 1260 g/mol. The molecule has 0 unspecified atom stereocenters. The van der Waals surface area contributed by atoms with Gasteiger partial charge in [0.05, 0.1) is 0 Å². The summed E-state index contributed by atoms with van der Waals surface area (Å²) in [5, 5.41) is 33.7. The predicted molar refractivity (Wildman–Crippen MR) is 444 cm³/mol. The zero-order valence-corrected chi connectivity index (χ0v) is 56.3. The van der Waals surface area contributed by atoms with Crippen LogP contribution in [0.5, 0.6) is 0 Å². The van der Waals surface area contributed by atoms with Crippen LogP contribution < -0.4 is 0 Å². The topological polar surface area (TPSA) is 26.3 Å². The van der Waals surface area contributed by atoms with E-state index in [9.17, 15) is 0 Å². The van der Waals surface area contributed by atoms with E-state index in [1.54, 1.807) is 0 Å². The summed E-state index contributed by atoms with van der Waals surface area (Å²) < 4.78 is 14.0. The number of furan rings is 2. The minimum Gasteiger partial charge on any atom is -0.455 e. The van der Waals surface area contributed by atoms with Crippen LogP contribution in [0.3, 0.4) is 0 Å². The van der Waals surface area contributed by atoms with Gasteiger partial charge in [0.15, 0.2) is 0 Å². The largest absolute Gasteiger partial charge is 0.455 e. The van der Waals surface area contributed by atoms with Crippen molar-refractivity contribution >= 4 is 173 Å². The molecule has 2 heteroatoms. The van der Waals surface area contributed by atoms with E-state index in [0.717, 1.165) is 65.8 Å². The highest BCUT2D eigenvalue weighted by Gasteiger charge is 2.25. The van der Waals surface area contributed by atoms with Gasteiger partial charge in [-0.2, -0.15) is 0 Å². The van der Waals surface area contributed by atoms with Crippen molar-refractivity contribution < 1.29 is 8.83 Å². The highest BCUT2D eigenvalue weighted by Crippen LogP contribution is 2.52. The van der Waals surface area contributed by atoms with Gasteiger partial charge in [0.1, 0.15) is 22.3 Å². The third kappa shape index (κ3) is 8.22. The lowest BCUT2D eigenvalue weighted by Gasteiger charge is -2.19. The molecule has 23 rings (SSSR count). The fourth-order valence-corrected chi connectivity index (χ4v) is 18.5. The highest BCUT2D eigenvalue weighted by molar-refractivity contribution is 6.34. The molecule has 21 aromatic carbocycles. The average molecular weight is 1320 g/mol. The average Bonchev–Trinajstić information content (AvgIpc) is 1.33. The molecule has 23 aromatic rings. The van der Waals surface area contributed by atoms with Crippen molar-refractivity contribution in [1.29, 1.82) is 0 Å². The third-order valence-corrected chi connectivity index (χ3v) is 23.0. The van der Waals surface area contributed by atoms with Crippen LogP contribution in [-0.2, 0) is 0 Å². The Bertz CT molecular complexity index is 7600. The Morgan fingerprint density at radius 3 is 1.00 bits per heavy atom. The number of benzene rings is 21. The molecule has 0 spiro atoms. The zero-order valence-electron chi connectivity index (χ0n) is 56.3. The van der Waals surface area contributed by atoms with Gasteiger partial charge in [-0.3, -0.25) is 0 Å². The standard InChI is InChI=1S/C102H58O2/c1-2-21-62-55-89-63(54-61(62)20-1)46-50-75-74(89)40-19-41-77(75)98-86-33-14-12-31-84(86)97(85-32-13-15-34-87(85)98)66-49-53-94-92(58-66)100-79-26-7-4-23-72(79)76-51-47-64(56-90(76)102(100)104-94)68-37-18-38-69-67(36-17-39-70(68)69)59-42-44-60(45-43-59)95-80-27-8-10-29-82(80)96(83-30-11-9-28-81(83)95)65-48-52-93-91(57-65)99-78-25-6-3-22-71(78)73-24-5-16-35-88(73)101(99)103-93/h1-58H. The molecule has 0 N–H and O–H groups in total. The Hall–Kier alpha value is -13.7. The van der Waals surface area contributed by atoms with Gasteiger partial charge in [-0.05, 0) is 228 Å². The highest BCUT2D eigenvalue weighted by atomic mass is 16.3. The first-order chi connectivity index (χ1) is 51.6. The Labute approximate surface area is 596 Å². The first kappa shape index (κ1) is 57.1. The first-order valence-electron chi connectivity index (χ1n) is 36.0. The van der Waals surface area contributed by atoms with Crippen molar-refractivity contribution in [3.8, 4) is 66.8 Å². The van der Waals surface area contributed by atoms with E-state index in [-0.39, 0.29) is 0 Å². The first-order valence-corrected chi connectivity index (χ1v) is 36.0. The van der Waals surface area contributed by atoms with E-state index < -0.39 is 0 Å². The monoisotopic (exact) mass is 1310 g/mol. The molecule has 0 aliphatic heterocycles. The van der Waals surface area contributed by atoms with Crippen molar-refractivity contribution in [1.82, 2.24) is 0 Å². The molecule has 2 nitrogen and oxygen atoms in total. The second-order valence-corrected chi connectivity index (χ2v) is 28.3. The second-order valence-electron chi connectivity index (χ2n) is 28.3. The summed E-state index contributed by atoms with van der Waals surface area (Å²) in [4.78, 5) is 0. The van der Waals surface area contributed by atoms with Crippen LogP contribution in [0.25, 0.3) is 240 Å². The van der Waals surface area contributed by atoms with E-state index in [1.165, 1.54) is 174 Å². The van der Waals surface area contributed by atoms with Crippen LogP contribution in [0.2, 0.25) is 0 Å². The fraction of sp³-hybridized carbons (Fsp3) is 0. The zero-order chi connectivity index (χ0) is 67.8. The number of fused-ring (bicyclic) bond motifs is 25. The molecule has 0 radical (unpaired) electrons. The molecule has 0 aliphatic carbocycles. The van der Waals surface area contributed by atoms with Gasteiger partial charge in [-0.25, -0.2) is 0 Å². The fourth-order valence-electron chi connectivity index (χ4n) is 18.5. The van der Waals surface area contributed by atoms with E-state index in [0.29, 0.717) is 0 Å². The Balaban J connectivity index is 0.631. The van der Waals surface area contributed by atoms with Crippen LogP contribution in [0.1, 0.15) is 0 Å². The predicted octanol–water partition coefficient (Wildman–Crippen LogP) is 29.3. The Morgan fingerprint density at radius 2 is 0.471 bits per heavy atom. The van der Waals surface area contributed by atoms with Gasteiger partial charge < -0.3 is 8.83 Å². The van der Waals surface area contributed by atoms with Crippen LogP contribution in [-0.4, -0.2) is 0 Å². The Kier molecular flexibility index (Phi) is 12.0. The second kappa shape index (κ2) is 21.9. The lowest BCUT2D eigenvalue weighted by molar-refractivity contribution is 0.672. The molecule has 0 atom stereocenters. The van der Waals surface area contributed by atoms with Crippen molar-refractivity contribution in [2.75, 3.05) is 0 Å². The molecule has 2 aromatic heterocycles. The molecule has 0 bridgehead atoms. The van der Waals surface area contributed by atoms with Gasteiger partial charge in [0, 0.05) is 32.3 Å². The quantitative estimate of drug-likeness (QED) is 0.123. The smallest absolute Gasteiger partial charge is 0.143 e. The molecular formula is C102H58O2. The molecule has 0 saturated heterocycles. The Morgan fingerprint density at radius 1 is 0.144 bits per heavy atom. The van der Waals surface area contributed by atoms with Crippen LogP contribution >= 0.6 is 0 Å². The maximum absolute atomic E-state index is 7.23. The molecule has 2 heterocycles. The lowest BCUT2D eigenvalue weighted by Crippen LogP contribution is -1.92. The molecule has 478 valence electrons. The normalized spacial score (nSPS) is 12.2. The summed E-state index contributed by atoms with van der Waals surface area (Å²) >= 11 is 0. The maximum Gasteiger partial charge on any atom is 0.143 e. The number of hydrogen-bond donors (Lipinski definition) is 0. The van der Waals surface area contributed by atoms with Crippen molar-refractivity contribution in [2.45, 2.75) is 0 Å². The number of hydrogen-bond acceptors (Lipinski definition) is 2. The third-order valence-electron chi connectivity index (χ3n) is 23.0. The summed E-state index contributed by atoms with van der Waals surface area (Å²) in [6.07, 6.45) is 0. The minimum atomic E-state index is 0.868. The number of rotatable bonds is 6. The molecule has 0 amide bonds. The van der Waals surface area contributed by atoms with Gasteiger partial charge in [-0.1, -0.05) is 309 Å². The van der Waals surface area contributed by atoms with Gasteiger partial charge in [0.25, 0.3) is 0 Å². The minimum absolute atomic E-state index is 0.868. The van der Waals surface area contributed by atoms with Crippen molar-refractivity contribution in [3.63, 3.8) is 0 Å². The molecule has 0 fully saturated rings. The lowest BCUT2D eigenvalue weighted by atomic mass is 9.84. The summed E-state index contributed by atoms with van der Waals surface area (Å²) in [6.45, 7) is 0. The van der Waals surface area contributed by atoms with Crippen molar-refractivity contribution in [3.05, 3.63) is 352 Å². The molecule has 0 saturated carbocycles. The van der Waals surface area contributed by atoms with E-state index in [2.05, 4.69) is 352 Å². The van der Waals surface area contributed by atoms with Crippen LogP contribution in [0.4, 0.5) is 0 Å². The van der Waals surface area contributed by atoms with E-state index in [4.69, 9.17) is 8.83 Å². The summed E-state index contributed by atoms with van der Waals surface area (Å²) in [5.74, 6) is 0. The SMILES string of the molecule is c1ccc2cc3c(ccc4c(-c5c6ccccc6c(-c6ccc7oc8c9cc(-c%10cccc%11c(-c%12ccc(-c%13c%14ccccc%14c(-c%14ccc%15oc%16c%17ccccc%17c%17ccccc%17c%16c%15c%14)c%14ccccc%13%14)cc%12)cccc%10%11)ccc9c9ccccc9c8c7c6)c6ccccc56)cccc43)cc2c1. The van der Waals surface area contributed by atoms with Gasteiger partial charge in [0.2, 0.25) is 0 Å². The van der Waals surface area contributed by atoms with Crippen LogP contribution in [0.15, 0.2) is 361 Å². The van der Waals surface area contributed by atoms with E-state index >= 15 is 0 Å². The van der Waals surface area contributed by atoms with Gasteiger partial charge in [-0.15, -0.1) is 0 Å². The van der Waals surface area contributed by atoms with Crippen molar-refractivity contribution in [2.24, 2.45) is 0 Å². The maximum atomic E-state index is 7.23. The van der Waals surface area contributed by atoms with Crippen LogP contribution in [0, 0.1) is 0 Å². The van der Waals surface area contributed by atoms with E-state index in [1.807, 2.05) is 0 Å². The summed E-state index contributed by atoms with van der Waals surface area (Å²) in [7, 11) is 0. The molecule has 104 heavy (non-hydrogen) atoms. The van der Waals surface area contributed by atoms with Gasteiger partial charge >= 0.3 is 0 Å².